The van der Waals surface area contributed by atoms with Crippen molar-refractivity contribution in [3.63, 3.8) is 0 Å². The number of halogens is 1. The lowest BCUT2D eigenvalue weighted by atomic mass is 9.81. The van der Waals surface area contributed by atoms with Gasteiger partial charge in [0.15, 0.2) is 11.3 Å². The molecule has 128 valence electrons. The molecule has 1 spiro atoms. The Kier molecular flexibility index (Phi) is 3.00. The minimum absolute atomic E-state index is 0.134. The third kappa shape index (κ3) is 2.07. The number of hydrogen-bond acceptors (Lipinski definition) is 6. The van der Waals surface area contributed by atoms with Crippen molar-refractivity contribution < 1.29 is 13.9 Å². The lowest BCUT2D eigenvalue weighted by molar-refractivity contribution is 0.264. The average molecular weight is 348 g/mol. The van der Waals surface area contributed by atoms with Crippen LogP contribution in [0.3, 0.4) is 0 Å². The van der Waals surface area contributed by atoms with Crippen LogP contribution in [-0.4, -0.2) is 22.6 Å². The highest BCUT2D eigenvalue weighted by Crippen LogP contribution is 2.51. The summed E-state index contributed by atoms with van der Waals surface area (Å²) in [5.41, 5.74) is 8.39. The second kappa shape index (κ2) is 5.26. The Morgan fingerprint density at radius 2 is 1.88 bits per heavy atom. The van der Waals surface area contributed by atoms with Crippen molar-refractivity contribution in [2.75, 3.05) is 6.61 Å². The van der Waals surface area contributed by atoms with Crippen LogP contribution in [-0.2, 0) is 10.3 Å². The van der Waals surface area contributed by atoms with Crippen molar-refractivity contribution in [1.82, 2.24) is 9.97 Å². The number of ether oxygens (including phenoxy) is 2. The number of aromatic nitrogens is 2. The summed E-state index contributed by atoms with van der Waals surface area (Å²) < 4.78 is 24.7. The molecular formula is C19H13FN4O2. The molecular weight excluding hydrogens is 335 g/mol. The van der Waals surface area contributed by atoms with E-state index in [1.54, 1.807) is 18.5 Å². The first-order chi connectivity index (χ1) is 12.7. The predicted octanol–water partition coefficient (Wildman–Crippen LogP) is 2.98. The van der Waals surface area contributed by atoms with Crippen molar-refractivity contribution >= 4 is 6.02 Å². The largest absolute Gasteiger partial charge is 0.462 e. The number of aliphatic imine (C=N–C) groups is 1. The molecule has 2 aromatic heterocycles. The number of nitrogens with two attached hydrogens (primary N) is 1. The van der Waals surface area contributed by atoms with Crippen molar-refractivity contribution in [2.24, 2.45) is 10.7 Å². The SMILES string of the molecule is NC1=NC2(CO1)c1ccncc1Oc1ccc(-c3ccc(F)nc3)cc12. The minimum Gasteiger partial charge on any atom is -0.462 e. The molecule has 5 rings (SSSR count). The Morgan fingerprint density at radius 3 is 2.65 bits per heavy atom. The first-order valence-electron chi connectivity index (χ1n) is 8.03. The summed E-state index contributed by atoms with van der Waals surface area (Å²) in [5, 5.41) is 0. The Balaban J connectivity index is 1.72. The highest BCUT2D eigenvalue weighted by atomic mass is 19.1. The first-order valence-corrected chi connectivity index (χ1v) is 8.03. The van der Waals surface area contributed by atoms with E-state index < -0.39 is 11.5 Å². The zero-order valence-corrected chi connectivity index (χ0v) is 13.5. The van der Waals surface area contributed by atoms with Crippen LogP contribution in [0.1, 0.15) is 11.1 Å². The van der Waals surface area contributed by atoms with E-state index in [0.29, 0.717) is 11.5 Å². The first kappa shape index (κ1) is 14.8. The summed E-state index contributed by atoms with van der Waals surface area (Å²) >= 11 is 0. The standard InChI is InChI=1S/C19H13FN4O2/c20-17-4-2-12(8-23-17)11-1-3-15-14(7-11)19(10-25-18(21)24-19)13-5-6-22-9-16(13)26-15/h1-9H,10H2,(H2,21,24). The van der Waals surface area contributed by atoms with Crippen LogP contribution >= 0.6 is 0 Å². The van der Waals surface area contributed by atoms with E-state index in [-0.39, 0.29) is 12.6 Å². The van der Waals surface area contributed by atoms with E-state index in [1.807, 2.05) is 24.3 Å². The van der Waals surface area contributed by atoms with Gasteiger partial charge in [0.25, 0.3) is 6.02 Å². The zero-order chi connectivity index (χ0) is 17.7. The van der Waals surface area contributed by atoms with E-state index >= 15 is 0 Å². The molecule has 26 heavy (non-hydrogen) atoms. The summed E-state index contributed by atoms with van der Waals surface area (Å²) in [6.45, 7) is 0.275. The fourth-order valence-corrected chi connectivity index (χ4v) is 3.44. The summed E-state index contributed by atoms with van der Waals surface area (Å²) in [6.07, 6.45) is 4.84. The second-order valence-corrected chi connectivity index (χ2v) is 6.15. The third-order valence-electron chi connectivity index (χ3n) is 4.67. The molecule has 1 aromatic carbocycles. The molecule has 0 fully saturated rings. The summed E-state index contributed by atoms with van der Waals surface area (Å²) in [4.78, 5) is 12.5. The predicted molar refractivity (Wildman–Crippen MR) is 92.3 cm³/mol. The van der Waals surface area contributed by atoms with Gasteiger partial charge in [0.1, 0.15) is 12.4 Å². The van der Waals surface area contributed by atoms with Gasteiger partial charge in [-0.3, -0.25) is 4.98 Å². The summed E-state index contributed by atoms with van der Waals surface area (Å²) in [5.74, 6) is 0.763. The van der Waals surface area contributed by atoms with Crippen LogP contribution < -0.4 is 10.5 Å². The highest BCUT2D eigenvalue weighted by Gasteiger charge is 2.47. The molecule has 3 aromatic rings. The Labute approximate surface area is 148 Å². The molecule has 1 atom stereocenters. The van der Waals surface area contributed by atoms with Crippen molar-refractivity contribution in [3.8, 4) is 22.6 Å². The Hall–Kier alpha value is -3.48. The molecule has 6 nitrogen and oxygen atoms in total. The molecule has 0 saturated carbocycles. The topological polar surface area (TPSA) is 82.6 Å². The fraction of sp³-hybridized carbons (Fsp3) is 0.105. The molecule has 0 amide bonds. The van der Waals surface area contributed by atoms with Crippen molar-refractivity contribution in [3.05, 3.63) is 72.1 Å². The van der Waals surface area contributed by atoms with Gasteiger partial charge in [-0.25, -0.2) is 9.98 Å². The van der Waals surface area contributed by atoms with Gasteiger partial charge in [0.05, 0.1) is 6.20 Å². The van der Waals surface area contributed by atoms with E-state index in [4.69, 9.17) is 15.2 Å². The Bertz CT molecular complexity index is 1050. The van der Waals surface area contributed by atoms with Gasteiger partial charge >= 0.3 is 0 Å². The number of rotatable bonds is 1. The van der Waals surface area contributed by atoms with Crippen LogP contribution in [0.15, 0.2) is 60.0 Å². The number of benzene rings is 1. The van der Waals surface area contributed by atoms with Crippen LogP contribution in [0.5, 0.6) is 11.5 Å². The lowest BCUT2D eigenvalue weighted by Crippen LogP contribution is -2.31. The van der Waals surface area contributed by atoms with E-state index in [0.717, 1.165) is 22.3 Å². The fourth-order valence-electron chi connectivity index (χ4n) is 3.44. The Morgan fingerprint density at radius 1 is 1.00 bits per heavy atom. The molecule has 0 aliphatic carbocycles. The van der Waals surface area contributed by atoms with Gasteiger partial charge in [-0.2, -0.15) is 4.39 Å². The van der Waals surface area contributed by atoms with Gasteiger partial charge in [0, 0.05) is 29.1 Å². The molecule has 0 saturated heterocycles. The average Bonchev–Trinajstić information content (AvgIpc) is 3.05. The normalized spacial score (nSPS) is 20.0. The number of fused-ring (bicyclic) bond motifs is 4. The van der Waals surface area contributed by atoms with E-state index in [9.17, 15) is 4.39 Å². The van der Waals surface area contributed by atoms with Crippen molar-refractivity contribution in [2.45, 2.75) is 5.54 Å². The number of hydrogen-bond donors (Lipinski definition) is 1. The molecule has 0 radical (unpaired) electrons. The lowest BCUT2D eigenvalue weighted by Gasteiger charge is -2.33. The van der Waals surface area contributed by atoms with Crippen LogP contribution in [0.4, 0.5) is 4.39 Å². The van der Waals surface area contributed by atoms with Gasteiger partial charge < -0.3 is 15.2 Å². The summed E-state index contributed by atoms with van der Waals surface area (Å²) in [7, 11) is 0. The zero-order valence-electron chi connectivity index (χ0n) is 13.5. The van der Waals surface area contributed by atoms with Crippen LogP contribution in [0.2, 0.25) is 0 Å². The maximum Gasteiger partial charge on any atom is 0.283 e. The molecule has 4 heterocycles. The smallest absolute Gasteiger partial charge is 0.283 e. The number of pyridine rings is 2. The molecule has 2 aliphatic heterocycles. The number of nitrogens with zero attached hydrogens (tertiary/aromatic N) is 3. The van der Waals surface area contributed by atoms with Gasteiger partial charge in [-0.1, -0.05) is 6.07 Å². The third-order valence-corrected chi connectivity index (χ3v) is 4.67. The van der Waals surface area contributed by atoms with Crippen LogP contribution in [0, 0.1) is 5.95 Å². The van der Waals surface area contributed by atoms with Crippen molar-refractivity contribution in [1.29, 1.82) is 0 Å². The molecule has 1 unspecified atom stereocenters. The van der Waals surface area contributed by atoms with Crippen LogP contribution in [0.25, 0.3) is 11.1 Å². The maximum absolute atomic E-state index is 13.1. The van der Waals surface area contributed by atoms with Gasteiger partial charge in [-0.05, 0) is 35.9 Å². The maximum atomic E-state index is 13.1. The molecule has 0 bridgehead atoms. The number of amidine groups is 1. The van der Waals surface area contributed by atoms with Gasteiger partial charge in [-0.15, -0.1) is 0 Å². The highest BCUT2D eigenvalue weighted by molar-refractivity contribution is 5.77. The summed E-state index contributed by atoms with van der Waals surface area (Å²) in [6, 6.07) is 10.7. The monoisotopic (exact) mass is 348 g/mol. The van der Waals surface area contributed by atoms with E-state index in [2.05, 4.69) is 15.0 Å². The molecule has 2 aliphatic rings. The molecule has 2 N–H and O–H groups in total. The second-order valence-electron chi connectivity index (χ2n) is 6.15. The quantitative estimate of drug-likeness (QED) is 0.684. The minimum atomic E-state index is -0.792. The van der Waals surface area contributed by atoms with E-state index in [1.165, 1.54) is 12.3 Å². The molecule has 7 heteroatoms. The van der Waals surface area contributed by atoms with Gasteiger partial charge in [0.2, 0.25) is 5.95 Å².